The molecule has 4 nitrogen and oxygen atoms in total. The van der Waals surface area contributed by atoms with Crippen molar-refractivity contribution in [3.63, 3.8) is 0 Å². The van der Waals surface area contributed by atoms with E-state index in [9.17, 15) is 4.79 Å². The highest BCUT2D eigenvalue weighted by Gasteiger charge is 2.26. The van der Waals surface area contributed by atoms with E-state index >= 15 is 0 Å². The number of hydrogen-bond donors (Lipinski definition) is 0. The maximum atomic E-state index is 12.3. The maximum absolute atomic E-state index is 12.3. The molecule has 0 spiro atoms. The van der Waals surface area contributed by atoms with E-state index in [-0.39, 0.29) is 12.5 Å². The van der Waals surface area contributed by atoms with Crippen molar-refractivity contribution in [2.24, 2.45) is 0 Å². The Hall–Kier alpha value is -2.33. The molecular formula is C16H12ClN3O. The van der Waals surface area contributed by atoms with Gasteiger partial charge in [-0.05, 0) is 24.3 Å². The Kier molecular flexibility index (Phi) is 2.56. The second-order valence-electron chi connectivity index (χ2n) is 5.14. The van der Waals surface area contributed by atoms with Crippen LogP contribution in [-0.4, -0.2) is 22.7 Å². The number of fused-ring (bicyclic) bond motifs is 5. The minimum absolute atomic E-state index is 0.00475. The Morgan fingerprint density at radius 1 is 1.19 bits per heavy atom. The number of benzene rings is 2. The van der Waals surface area contributed by atoms with Crippen LogP contribution in [0.5, 0.6) is 0 Å². The van der Waals surface area contributed by atoms with Gasteiger partial charge in [-0.15, -0.1) is 0 Å². The van der Waals surface area contributed by atoms with E-state index < -0.39 is 0 Å². The van der Waals surface area contributed by atoms with Gasteiger partial charge in [0.1, 0.15) is 6.54 Å². The molecule has 1 aromatic heterocycles. The summed E-state index contributed by atoms with van der Waals surface area (Å²) in [7, 11) is 1.78. The number of likely N-dealkylation sites (N-methyl/N-ethyl adjacent to an activating group) is 1. The summed E-state index contributed by atoms with van der Waals surface area (Å²) in [5, 5.41) is 6.23. The number of rotatable bonds is 0. The summed E-state index contributed by atoms with van der Waals surface area (Å²) in [5.74, 6) is 0.00475. The highest BCUT2D eigenvalue weighted by molar-refractivity contribution is 6.31. The number of carbonyl (C=O) groups is 1. The lowest BCUT2D eigenvalue weighted by Gasteiger charge is -2.17. The van der Waals surface area contributed by atoms with E-state index in [1.54, 1.807) is 22.7 Å². The predicted molar refractivity (Wildman–Crippen MR) is 83.6 cm³/mol. The van der Waals surface area contributed by atoms with Crippen LogP contribution in [0.15, 0.2) is 42.5 Å². The third-order valence-corrected chi connectivity index (χ3v) is 4.12. The van der Waals surface area contributed by atoms with Gasteiger partial charge in [0.25, 0.3) is 0 Å². The molecule has 0 saturated heterocycles. The van der Waals surface area contributed by atoms with Gasteiger partial charge in [-0.1, -0.05) is 29.8 Å². The van der Waals surface area contributed by atoms with Gasteiger partial charge in [0, 0.05) is 23.0 Å². The van der Waals surface area contributed by atoms with Crippen LogP contribution in [0.3, 0.4) is 0 Å². The molecule has 4 rings (SSSR count). The first kappa shape index (κ1) is 12.4. The van der Waals surface area contributed by atoms with Gasteiger partial charge in [0.05, 0.1) is 16.9 Å². The molecule has 0 atom stereocenters. The Morgan fingerprint density at radius 3 is 2.86 bits per heavy atom. The topological polar surface area (TPSA) is 38.1 Å². The van der Waals surface area contributed by atoms with Crippen molar-refractivity contribution in [1.82, 2.24) is 9.78 Å². The average Bonchev–Trinajstić information content (AvgIpc) is 2.79. The molecule has 0 aliphatic carbocycles. The Balaban J connectivity index is 2.15. The van der Waals surface area contributed by atoms with Crippen LogP contribution in [0.2, 0.25) is 5.02 Å². The molecule has 1 aliphatic heterocycles. The third kappa shape index (κ3) is 1.76. The third-order valence-electron chi connectivity index (χ3n) is 3.88. The van der Waals surface area contributed by atoms with Crippen molar-refractivity contribution in [2.45, 2.75) is 6.54 Å². The molecule has 0 fully saturated rings. The first-order valence-electron chi connectivity index (χ1n) is 6.67. The van der Waals surface area contributed by atoms with Crippen molar-refractivity contribution >= 4 is 34.1 Å². The molecule has 0 unspecified atom stereocenters. The maximum Gasteiger partial charge on any atom is 0.248 e. The molecule has 5 heteroatoms. The molecule has 1 amide bonds. The zero-order chi connectivity index (χ0) is 14.6. The van der Waals surface area contributed by atoms with Crippen LogP contribution in [0.25, 0.3) is 22.2 Å². The fourth-order valence-electron chi connectivity index (χ4n) is 2.84. The zero-order valence-electron chi connectivity index (χ0n) is 11.4. The number of hydrogen-bond acceptors (Lipinski definition) is 2. The minimum atomic E-state index is 0.00475. The zero-order valence-corrected chi connectivity index (χ0v) is 12.1. The summed E-state index contributed by atoms with van der Waals surface area (Å²) in [5.41, 5.74) is 3.62. The second-order valence-corrected chi connectivity index (χ2v) is 5.57. The lowest BCUT2D eigenvalue weighted by atomic mass is 10.1. The summed E-state index contributed by atoms with van der Waals surface area (Å²) < 4.78 is 1.77. The number of carbonyl (C=O) groups excluding carboxylic acids is 1. The van der Waals surface area contributed by atoms with Gasteiger partial charge in [-0.25, -0.2) is 0 Å². The SMILES string of the molecule is CN1C(=O)Cn2nc3ccccc3c2-c2cc(Cl)ccc21. The smallest absolute Gasteiger partial charge is 0.248 e. The summed E-state index contributed by atoms with van der Waals surface area (Å²) in [4.78, 5) is 14.0. The van der Waals surface area contributed by atoms with Crippen LogP contribution in [0.1, 0.15) is 0 Å². The lowest BCUT2D eigenvalue weighted by Crippen LogP contribution is -2.28. The predicted octanol–water partition coefficient (Wildman–Crippen LogP) is 3.33. The van der Waals surface area contributed by atoms with Crippen molar-refractivity contribution in [1.29, 1.82) is 0 Å². The first-order chi connectivity index (χ1) is 10.1. The highest BCUT2D eigenvalue weighted by atomic mass is 35.5. The standard InChI is InChI=1S/C16H12ClN3O/c1-19-14-7-6-10(17)8-12(14)16-11-4-2-3-5-13(11)18-20(16)9-15(19)21/h2-8H,9H2,1H3. The van der Waals surface area contributed by atoms with Crippen LogP contribution in [0.4, 0.5) is 5.69 Å². The molecule has 0 saturated carbocycles. The van der Waals surface area contributed by atoms with Gasteiger partial charge in [0.2, 0.25) is 5.91 Å². The fourth-order valence-corrected chi connectivity index (χ4v) is 3.01. The van der Waals surface area contributed by atoms with Crippen LogP contribution in [0, 0.1) is 0 Å². The highest BCUT2D eigenvalue weighted by Crippen LogP contribution is 2.38. The van der Waals surface area contributed by atoms with E-state index in [1.165, 1.54) is 0 Å². The molecule has 2 aromatic carbocycles. The van der Waals surface area contributed by atoms with Crippen molar-refractivity contribution < 1.29 is 4.79 Å². The number of anilines is 1. The van der Waals surface area contributed by atoms with Gasteiger partial charge in [-0.2, -0.15) is 5.10 Å². The van der Waals surface area contributed by atoms with Crippen molar-refractivity contribution in [3.05, 3.63) is 47.5 Å². The van der Waals surface area contributed by atoms with Crippen molar-refractivity contribution in [2.75, 3.05) is 11.9 Å². The average molecular weight is 298 g/mol. The largest absolute Gasteiger partial charge is 0.313 e. The number of halogens is 1. The van der Waals surface area contributed by atoms with Crippen LogP contribution in [-0.2, 0) is 11.3 Å². The van der Waals surface area contributed by atoms with Gasteiger partial charge in [0.15, 0.2) is 0 Å². The number of amides is 1. The van der Waals surface area contributed by atoms with E-state index in [1.807, 2.05) is 36.4 Å². The number of nitrogens with zero attached hydrogens (tertiary/aromatic N) is 3. The summed E-state index contributed by atoms with van der Waals surface area (Å²) in [6, 6.07) is 13.5. The minimum Gasteiger partial charge on any atom is -0.313 e. The molecule has 0 N–H and O–H groups in total. The molecule has 21 heavy (non-hydrogen) atoms. The quantitative estimate of drug-likeness (QED) is 0.638. The second kappa shape index (κ2) is 4.33. The first-order valence-corrected chi connectivity index (χ1v) is 7.05. The summed E-state index contributed by atoms with van der Waals surface area (Å²) in [6.07, 6.45) is 0. The van der Waals surface area contributed by atoms with Gasteiger partial charge in [-0.3, -0.25) is 9.48 Å². The van der Waals surface area contributed by atoms with Gasteiger partial charge < -0.3 is 4.90 Å². The van der Waals surface area contributed by atoms with E-state index in [0.717, 1.165) is 27.8 Å². The molecule has 1 aliphatic rings. The fraction of sp³-hybridized carbons (Fsp3) is 0.125. The Bertz CT molecular complexity index is 884. The van der Waals surface area contributed by atoms with E-state index in [0.29, 0.717) is 5.02 Å². The Labute approximate surface area is 126 Å². The molecule has 0 radical (unpaired) electrons. The Morgan fingerprint density at radius 2 is 2.00 bits per heavy atom. The molecule has 2 heterocycles. The van der Waals surface area contributed by atoms with Gasteiger partial charge >= 0.3 is 0 Å². The lowest BCUT2D eigenvalue weighted by molar-refractivity contribution is -0.118. The number of aromatic nitrogens is 2. The molecule has 0 bridgehead atoms. The summed E-state index contributed by atoms with van der Waals surface area (Å²) >= 11 is 6.17. The van der Waals surface area contributed by atoms with E-state index in [4.69, 9.17) is 11.6 Å². The molecule has 3 aromatic rings. The van der Waals surface area contributed by atoms with E-state index in [2.05, 4.69) is 5.10 Å². The summed E-state index contributed by atoms with van der Waals surface area (Å²) in [6.45, 7) is 0.229. The van der Waals surface area contributed by atoms with Crippen LogP contribution >= 0.6 is 11.6 Å². The molecule has 104 valence electrons. The normalized spacial score (nSPS) is 14.0. The monoisotopic (exact) mass is 297 g/mol. The molecular weight excluding hydrogens is 286 g/mol. The van der Waals surface area contributed by atoms with Crippen molar-refractivity contribution in [3.8, 4) is 11.3 Å². The van der Waals surface area contributed by atoms with Crippen LogP contribution < -0.4 is 4.90 Å².